The number of aliphatic hydroxyl groups is 1. The van der Waals surface area contributed by atoms with Crippen LogP contribution in [0.4, 0.5) is 0 Å². The Morgan fingerprint density at radius 3 is 1.76 bits per heavy atom. The Labute approximate surface area is 157 Å². The number of hydrogen-bond acceptors (Lipinski definition) is 3. The van der Waals surface area contributed by atoms with Gasteiger partial charge in [-0.3, -0.25) is 0 Å². The van der Waals surface area contributed by atoms with Crippen LogP contribution < -0.4 is 9.47 Å². The number of para-hydroxylation sites is 1. The number of hydrogen-bond donors (Lipinski definition) is 1. The molecule has 0 fully saturated rings. The summed E-state index contributed by atoms with van der Waals surface area (Å²) >= 11 is 0. The minimum Gasteiger partial charge on any atom is 0 e. The molecular weight excluding hydrogens is 364 g/mol. The van der Waals surface area contributed by atoms with Crippen LogP contribution in [0.5, 0.6) is 11.5 Å². The maximum atomic E-state index is 9.47. The van der Waals surface area contributed by atoms with Gasteiger partial charge in [0.15, 0.2) is 0 Å². The van der Waals surface area contributed by atoms with Gasteiger partial charge in [-0.2, -0.15) is 0 Å². The monoisotopic (exact) mass is 380 g/mol. The van der Waals surface area contributed by atoms with Crippen molar-refractivity contribution in [3.8, 4) is 22.6 Å². The average molecular weight is 380 g/mol. The van der Waals surface area contributed by atoms with Crippen molar-refractivity contribution in [1.82, 2.24) is 0 Å². The number of rotatable bonds is 4. The van der Waals surface area contributed by atoms with Gasteiger partial charge in [0.2, 0.25) is 0 Å². The van der Waals surface area contributed by atoms with E-state index in [1.807, 2.05) is 42.5 Å². The van der Waals surface area contributed by atoms with Crippen molar-refractivity contribution in [3.63, 3.8) is 0 Å². The fourth-order valence-electron chi connectivity index (χ4n) is 2.04. The van der Waals surface area contributed by atoms with Crippen molar-refractivity contribution in [1.29, 1.82) is 0 Å². The molecule has 0 bridgehead atoms. The Hall–Kier alpha value is -2.25. The molecular formula is C18H16CrO6. The number of aliphatic hydroxyl groups excluding tert-OH is 1. The van der Waals surface area contributed by atoms with Crippen LogP contribution in [0.3, 0.4) is 0 Å². The molecule has 130 valence electrons. The van der Waals surface area contributed by atoms with Crippen LogP contribution in [0.2, 0.25) is 0 Å². The Morgan fingerprint density at radius 1 is 0.800 bits per heavy atom. The standard InChI is InChI=1S/C15H16O3.3CO.Cr/c1-17-13-8-4-3-7-12(13)15-11(10-16)6-5-9-14(15)18-2;3*1-2;/h3-9,16H,10H2,1-2H3;;;;. The third-order valence-corrected chi connectivity index (χ3v) is 2.88. The van der Waals surface area contributed by atoms with Crippen LogP contribution in [0, 0.1) is 20.0 Å². The van der Waals surface area contributed by atoms with E-state index in [-0.39, 0.29) is 24.0 Å². The van der Waals surface area contributed by atoms with E-state index in [4.69, 9.17) is 23.4 Å². The van der Waals surface area contributed by atoms with Crippen LogP contribution in [0.1, 0.15) is 5.56 Å². The molecule has 0 aliphatic heterocycles. The second-order valence-corrected chi connectivity index (χ2v) is 3.85. The smallest absolute Gasteiger partial charge is 0 e. The van der Waals surface area contributed by atoms with E-state index in [9.17, 15) is 5.11 Å². The van der Waals surface area contributed by atoms with E-state index >= 15 is 0 Å². The molecule has 1 N–H and O–H groups in total. The molecule has 0 atom stereocenters. The van der Waals surface area contributed by atoms with E-state index in [1.54, 1.807) is 14.2 Å². The van der Waals surface area contributed by atoms with Gasteiger partial charge in [-0.25, -0.2) is 0 Å². The predicted octanol–water partition coefficient (Wildman–Crippen LogP) is 2.75. The summed E-state index contributed by atoms with van der Waals surface area (Å²) in [5, 5.41) is 9.47. The van der Waals surface area contributed by atoms with Crippen LogP contribution in [-0.2, 0) is 37.9 Å². The number of ether oxygens (including phenoxy) is 2. The third-order valence-electron chi connectivity index (χ3n) is 2.88. The Balaban J connectivity index is -0.000000626. The van der Waals surface area contributed by atoms with Gasteiger partial charge in [0, 0.05) is 28.5 Å². The topological polar surface area (TPSA) is 98.4 Å². The molecule has 6 nitrogen and oxygen atoms in total. The summed E-state index contributed by atoms with van der Waals surface area (Å²) in [6.45, 7) is 13.5. The third kappa shape index (κ3) is 7.91. The quantitative estimate of drug-likeness (QED) is 0.652. The maximum Gasteiger partial charge on any atom is 0 e. The normalized spacial score (nSPS) is 7.56. The number of benzene rings is 2. The zero-order valence-electron chi connectivity index (χ0n) is 13.6. The van der Waals surface area contributed by atoms with Crippen LogP contribution in [0.25, 0.3) is 11.1 Å². The minimum atomic E-state index is -0.0371. The van der Waals surface area contributed by atoms with E-state index < -0.39 is 0 Å². The Kier molecular flexibility index (Phi) is 20.0. The van der Waals surface area contributed by atoms with Crippen molar-refractivity contribution >= 4 is 0 Å². The Morgan fingerprint density at radius 2 is 1.28 bits per heavy atom. The molecule has 25 heavy (non-hydrogen) atoms. The van der Waals surface area contributed by atoms with Crippen LogP contribution >= 0.6 is 0 Å². The van der Waals surface area contributed by atoms with Crippen LogP contribution in [0.15, 0.2) is 42.5 Å². The summed E-state index contributed by atoms with van der Waals surface area (Å²) in [7, 11) is 3.25. The summed E-state index contributed by atoms with van der Waals surface area (Å²) < 4.78 is 33.2. The SMILES string of the molecule is COc1ccccc1-c1c(CO)cccc1OC.[C-]#[O+].[C-]#[O+].[C-]#[O+].[Cr]. The van der Waals surface area contributed by atoms with Crippen LogP contribution in [-0.4, -0.2) is 19.3 Å². The summed E-state index contributed by atoms with van der Waals surface area (Å²) in [6.07, 6.45) is 0. The molecule has 0 aliphatic rings. The Bertz CT molecular complexity index is 628. The molecule has 2 aromatic carbocycles. The molecule has 0 aromatic heterocycles. The molecule has 0 radical (unpaired) electrons. The average Bonchev–Trinajstić information content (AvgIpc) is 2.71. The summed E-state index contributed by atoms with van der Waals surface area (Å²) in [4.78, 5) is 0. The zero-order chi connectivity index (χ0) is 19.0. The van der Waals surface area contributed by atoms with Gasteiger partial charge in [-0.1, -0.05) is 30.3 Å². The molecule has 0 saturated carbocycles. The molecule has 0 spiro atoms. The van der Waals surface area contributed by atoms with Crippen molar-refractivity contribution in [2.24, 2.45) is 0 Å². The molecule has 2 aromatic rings. The molecule has 2 rings (SSSR count). The molecule has 0 unspecified atom stereocenters. The van der Waals surface area contributed by atoms with E-state index in [0.29, 0.717) is 0 Å². The van der Waals surface area contributed by atoms with Crippen molar-refractivity contribution < 1.29 is 45.9 Å². The summed E-state index contributed by atoms with van der Waals surface area (Å²) in [6, 6.07) is 13.3. The van der Waals surface area contributed by atoms with E-state index in [0.717, 1.165) is 28.2 Å². The summed E-state index contributed by atoms with van der Waals surface area (Å²) in [5.41, 5.74) is 2.61. The van der Waals surface area contributed by atoms with E-state index in [2.05, 4.69) is 20.0 Å². The van der Waals surface area contributed by atoms with Gasteiger partial charge in [0.05, 0.1) is 20.8 Å². The predicted molar refractivity (Wildman–Crippen MR) is 82.7 cm³/mol. The van der Waals surface area contributed by atoms with Crippen molar-refractivity contribution in [2.75, 3.05) is 14.2 Å². The first kappa shape index (κ1) is 27.6. The second-order valence-electron chi connectivity index (χ2n) is 3.85. The van der Waals surface area contributed by atoms with Gasteiger partial charge < -0.3 is 14.6 Å². The molecule has 0 heterocycles. The fourth-order valence-corrected chi connectivity index (χ4v) is 2.04. The van der Waals surface area contributed by atoms with Gasteiger partial charge >= 0.3 is 33.9 Å². The van der Waals surface area contributed by atoms with Gasteiger partial charge in [-0.15, -0.1) is 0 Å². The fraction of sp³-hybridized carbons (Fsp3) is 0.167. The molecule has 7 heteroatoms. The van der Waals surface area contributed by atoms with Gasteiger partial charge in [-0.05, 0) is 17.7 Å². The number of methoxy groups -OCH3 is 2. The maximum absolute atomic E-state index is 9.47. The van der Waals surface area contributed by atoms with Crippen molar-refractivity contribution in [3.05, 3.63) is 68.0 Å². The minimum absolute atomic E-state index is 0. The first-order valence-corrected chi connectivity index (χ1v) is 6.33. The second kappa shape index (κ2) is 18.1. The largest absolute Gasteiger partial charge is 0 e. The first-order valence-electron chi connectivity index (χ1n) is 6.33. The molecule has 0 aliphatic carbocycles. The zero-order valence-corrected chi connectivity index (χ0v) is 14.9. The molecule has 0 saturated heterocycles. The van der Waals surface area contributed by atoms with Gasteiger partial charge in [0.25, 0.3) is 0 Å². The summed E-state index contributed by atoms with van der Waals surface area (Å²) in [5.74, 6) is 1.49. The first-order chi connectivity index (χ1) is 11.8. The molecule has 0 amide bonds. The van der Waals surface area contributed by atoms with E-state index in [1.165, 1.54) is 0 Å². The van der Waals surface area contributed by atoms with Gasteiger partial charge in [0.1, 0.15) is 11.5 Å². The van der Waals surface area contributed by atoms with Crippen molar-refractivity contribution in [2.45, 2.75) is 6.61 Å².